The Hall–Kier alpha value is -3.56. The summed E-state index contributed by atoms with van der Waals surface area (Å²) >= 11 is 0. The molecule has 1 aliphatic carbocycles. The quantitative estimate of drug-likeness (QED) is 0.478. The van der Waals surface area contributed by atoms with Gasteiger partial charge in [-0.25, -0.2) is 9.56 Å². The number of carbonyl (C=O) groups excluding carboxylic acids is 1. The van der Waals surface area contributed by atoms with Gasteiger partial charge in [0.2, 0.25) is 12.2 Å². The Morgan fingerprint density at radius 2 is 2.00 bits per heavy atom. The van der Waals surface area contributed by atoms with Crippen LogP contribution in [-0.4, -0.2) is 50.2 Å². The molecule has 2 fully saturated rings. The average molecular weight is 453 g/mol. The normalized spacial score (nSPS) is 25.0. The number of fused-ring (bicyclic) bond motifs is 1. The van der Waals surface area contributed by atoms with Crippen LogP contribution in [0.15, 0.2) is 41.7 Å². The molecule has 2 aliphatic heterocycles. The minimum absolute atomic E-state index is 0.0953. The SMILES string of the molecule is Cc1nc([N+]2=CC(C(F)(F)F)N=C2)ccc1[C@@H]1[C@H](C2CC2)C(=O)N1c1ccc2nc[nH]c2c1. The van der Waals surface area contributed by atoms with Gasteiger partial charge in [-0.05, 0) is 49.9 Å². The Kier molecular flexibility index (Phi) is 4.24. The van der Waals surface area contributed by atoms with E-state index in [9.17, 15) is 18.0 Å². The number of pyridine rings is 1. The Balaban J connectivity index is 1.35. The fourth-order valence-corrected chi connectivity index (χ4v) is 4.81. The van der Waals surface area contributed by atoms with Gasteiger partial charge in [-0.1, -0.05) is 0 Å². The molecule has 1 aromatic carbocycles. The van der Waals surface area contributed by atoms with Crippen molar-refractivity contribution in [3.8, 4) is 0 Å². The van der Waals surface area contributed by atoms with Crippen molar-refractivity contribution >= 4 is 41.0 Å². The highest BCUT2D eigenvalue weighted by atomic mass is 19.4. The number of aryl methyl sites for hydroxylation is 1. The molecule has 1 amide bonds. The van der Waals surface area contributed by atoms with Crippen LogP contribution in [0, 0.1) is 18.8 Å². The fourth-order valence-electron chi connectivity index (χ4n) is 4.81. The van der Waals surface area contributed by atoms with Crippen LogP contribution in [0.5, 0.6) is 0 Å². The van der Waals surface area contributed by atoms with Crippen LogP contribution in [0.4, 0.5) is 24.7 Å². The largest absolute Gasteiger partial charge is 0.432 e. The Bertz CT molecular complexity index is 1340. The number of aromatic amines is 1. The summed E-state index contributed by atoms with van der Waals surface area (Å²) in [4.78, 5) is 30.4. The van der Waals surface area contributed by atoms with Crippen LogP contribution in [-0.2, 0) is 4.79 Å². The Morgan fingerprint density at radius 3 is 2.70 bits per heavy atom. The van der Waals surface area contributed by atoms with Gasteiger partial charge in [0.25, 0.3) is 11.9 Å². The summed E-state index contributed by atoms with van der Waals surface area (Å²) in [5.41, 5.74) is 4.05. The maximum Gasteiger partial charge on any atom is 0.432 e. The lowest BCUT2D eigenvalue weighted by Crippen LogP contribution is -2.56. The van der Waals surface area contributed by atoms with E-state index in [-0.39, 0.29) is 17.9 Å². The number of aliphatic imine (C=N–C) groups is 1. The van der Waals surface area contributed by atoms with E-state index >= 15 is 0 Å². The molecular formula is C23H20F3N6O+. The topological polar surface area (TPSA) is 77.2 Å². The highest BCUT2D eigenvalue weighted by Gasteiger charge is 2.56. The number of alkyl halides is 3. The molecule has 168 valence electrons. The number of carbonyl (C=O) groups is 1. The van der Waals surface area contributed by atoms with Crippen molar-refractivity contribution in [1.29, 1.82) is 0 Å². The number of imidazole rings is 1. The van der Waals surface area contributed by atoms with E-state index in [0.717, 1.165) is 47.7 Å². The number of H-pyrrole nitrogens is 1. The summed E-state index contributed by atoms with van der Waals surface area (Å²) in [5, 5.41) is 0. The van der Waals surface area contributed by atoms with Gasteiger partial charge >= 0.3 is 6.18 Å². The molecule has 6 rings (SSSR count). The van der Waals surface area contributed by atoms with E-state index in [1.54, 1.807) is 17.3 Å². The molecule has 7 nitrogen and oxygen atoms in total. The molecule has 10 heteroatoms. The smallest absolute Gasteiger partial charge is 0.345 e. The average Bonchev–Trinajstić information content (AvgIpc) is 3.25. The molecule has 1 saturated carbocycles. The first-order valence-electron chi connectivity index (χ1n) is 10.8. The predicted octanol–water partition coefficient (Wildman–Crippen LogP) is 4.07. The Labute approximate surface area is 186 Å². The zero-order chi connectivity index (χ0) is 22.9. The van der Waals surface area contributed by atoms with Crippen LogP contribution >= 0.6 is 0 Å². The van der Waals surface area contributed by atoms with Crippen molar-refractivity contribution < 1.29 is 22.5 Å². The van der Waals surface area contributed by atoms with Gasteiger partial charge in [0.15, 0.2) is 0 Å². The third-order valence-corrected chi connectivity index (χ3v) is 6.64. The number of amides is 1. The van der Waals surface area contributed by atoms with Crippen molar-refractivity contribution in [2.24, 2.45) is 16.8 Å². The van der Waals surface area contributed by atoms with Crippen LogP contribution in [0.25, 0.3) is 11.0 Å². The minimum Gasteiger partial charge on any atom is -0.345 e. The van der Waals surface area contributed by atoms with Gasteiger partial charge in [0.1, 0.15) is 5.69 Å². The number of anilines is 1. The molecule has 33 heavy (non-hydrogen) atoms. The second kappa shape index (κ2) is 6.97. The predicted molar refractivity (Wildman–Crippen MR) is 116 cm³/mol. The summed E-state index contributed by atoms with van der Waals surface area (Å²) in [6.45, 7) is 1.83. The summed E-state index contributed by atoms with van der Waals surface area (Å²) < 4.78 is 40.2. The van der Waals surface area contributed by atoms with E-state index in [0.29, 0.717) is 17.4 Å². The molecule has 3 aromatic rings. The number of aromatic nitrogens is 3. The molecule has 0 bridgehead atoms. The second-order valence-electron chi connectivity index (χ2n) is 8.77. The van der Waals surface area contributed by atoms with Gasteiger partial charge in [-0.15, -0.1) is 9.98 Å². The monoisotopic (exact) mass is 453 g/mol. The van der Waals surface area contributed by atoms with E-state index < -0.39 is 12.2 Å². The third kappa shape index (κ3) is 3.23. The highest BCUT2D eigenvalue weighted by Crippen LogP contribution is 2.54. The lowest BCUT2D eigenvalue weighted by Gasteiger charge is -2.48. The maximum atomic E-state index is 13.2. The van der Waals surface area contributed by atoms with E-state index in [2.05, 4.69) is 19.9 Å². The van der Waals surface area contributed by atoms with Crippen LogP contribution in [0.1, 0.15) is 30.1 Å². The lowest BCUT2D eigenvalue weighted by atomic mass is 9.78. The number of nitrogens with one attached hydrogen (secondary N) is 1. The lowest BCUT2D eigenvalue weighted by molar-refractivity contribution is -0.292. The van der Waals surface area contributed by atoms with Crippen LogP contribution in [0.3, 0.4) is 0 Å². The molecular weight excluding hydrogens is 433 g/mol. The molecule has 0 radical (unpaired) electrons. The molecule has 0 spiro atoms. The van der Waals surface area contributed by atoms with Gasteiger partial charge in [0.05, 0.1) is 35.5 Å². The van der Waals surface area contributed by atoms with E-state index in [1.807, 2.05) is 31.2 Å². The van der Waals surface area contributed by atoms with Crippen LogP contribution < -0.4 is 4.90 Å². The summed E-state index contributed by atoms with van der Waals surface area (Å²) in [6.07, 6.45) is 1.40. The zero-order valence-corrected chi connectivity index (χ0v) is 17.6. The third-order valence-electron chi connectivity index (χ3n) is 6.64. The minimum atomic E-state index is -4.43. The van der Waals surface area contributed by atoms with Crippen molar-refractivity contribution in [2.45, 2.75) is 38.0 Å². The first-order chi connectivity index (χ1) is 15.8. The first kappa shape index (κ1) is 20.1. The number of hydrogen-bond acceptors (Lipinski definition) is 4. The first-order valence-corrected chi connectivity index (χ1v) is 10.8. The van der Waals surface area contributed by atoms with Crippen molar-refractivity contribution in [1.82, 2.24) is 15.0 Å². The molecule has 1 N–H and O–H groups in total. The maximum absolute atomic E-state index is 13.2. The zero-order valence-electron chi connectivity index (χ0n) is 17.6. The van der Waals surface area contributed by atoms with E-state index in [1.165, 1.54) is 4.58 Å². The molecule has 1 saturated heterocycles. The molecule has 3 aliphatic rings. The summed E-state index contributed by atoms with van der Waals surface area (Å²) in [7, 11) is 0. The molecule has 4 heterocycles. The highest BCUT2D eigenvalue weighted by molar-refractivity contribution is 6.04. The van der Waals surface area contributed by atoms with Crippen LogP contribution in [0.2, 0.25) is 0 Å². The van der Waals surface area contributed by atoms with Crippen molar-refractivity contribution in [3.05, 3.63) is 47.9 Å². The number of nitrogens with zero attached hydrogens (tertiary/aromatic N) is 5. The second-order valence-corrected chi connectivity index (χ2v) is 8.77. The number of halogens is 3. The Morgan fingerprint density at radius 1 is 1.18 bits per heavy atom. The number of rotatable bonds is 4. The molecule has 3 atom stereocenters. The van der Waals surface area contributed by atoms with Crippen molar-refractivity contribution in [2.75, 3.05) is 4.90 Å². The summed E-state index contributed by atoms with van der Waals surface area (Å²) in [5.74, 6) is 0.715. The van der Waals surface area contributed by atoms with Crippen molar-refractivity contribution in [3.63, 3.8) is 0 Å². The molecule has 2 aromatic heterocycles. The fraction of sp³-hybridized carbons (Fsp3) is 0.348. The van der Waals surface area contributed by atoms with Gasteiger partial charge in [-0.2, -0.15) is 13.2 Å². The summed E-state index contributed by atoms with van der Waals surface area (Å²) in [6, 6.07) is 7.22. The number of benzene rings is 1. The van der Waals surface area contributed by atoms with E-state index in [4.69, 9.17) is 0 Å². The number of β-lactam (4-membered cyclic amide) rings is 1. The van der Waals surface area contributed by atoms with Gasteiger partial charge in [-0.3, -0.25) is 4.79 Å². The number of hydrogen-bond donors (Lipinski definition) is 1. The molecule has 1 unspecified atom stereocenters. The van der Waals surface area contributed by atoms with Gasteiger partial charge < -0.3 is 9.88 Å². The van der Waals surface area contributed by atoms with Gasteiger partial charge in [0, 0.05) is 17.3 Å². The standard InChI is InChI=1S/C23H20F3N6O/c1-12-15(5-7-19(30-12)31-9-18(29-11-31)23(24,25)26)21-20(13-2-3-13)22(33)32(21)14-4-6-16-17(8-14)28-10-27-16/h4-11,13,18,20-21H,2-3H2,1H3,(H,27,28)/q+1/t18?,20-,21+/m0/s1.